The summed E-state index contributed by atoms with van der Waals surface area (Å²) in [6, 6.07) is 1.53. The van der Waals surface area contributed by atoms with Crippen LogP contribution in [0.25, 0.3) is 0 Å². The largest absolute Gasteiger partial charge is 0.317 e. The third-order valence-corrected chi connectivity index (χ3v) is 3.94. The highest BCUT2D eigenvalue weighted by atomic mass is 15.0. The molecule has 2 nitrogen and oxygen atoms in total. The number of piperidine rings is 1. The molecule has 1 unspecified atom stereocenters. The maximum absolute atomic E-state index is 3.82. The second-order valence-corrected chi connectivity index (χ2v) is 5.02. The minimum Gasteiger partial charge on any atom is -0.317 e. The molecule has 1 aliphatic heterocycles. The third-order valence-electron chi connectivity index (χ3n) is 3.94. The average molecular weight is 196 g/mol. The van der Waals surface area contributed by atoms with E-state index in [1.54, 1.807) is 0 Å². The SMILES string of the molecule is CC(NC1CCNCC1)C1CCCC1. The van der Waals surface area contributed by atoms with E-state index in [1.165, 1.54) is 51.6 Å². The van der Waals surface area contributed by atoms with Gasteiger partial charge in [-0.15, -0.1) is 0 Å². The smallest absolute Gasteiger partial charge is 0.00938 e. The predicted octanol–water partition coefficient (Wildman–Crippen LogP) is 1.91. The summed E-state index contributed by atoms with van der Waals surface area (Å²) in [5, 5.41) is 7.24. The van der Waals surface area contributed by atoms with E-state index in [0.717, 1.165) is 18.0 Å². The molecular formula is C12H24N2. The van der Waals surface area contributed by atoms with Crippen LogP contribution in [0.5, 0.6) is 0 Å². The van der Waals surface area contributed by atoms with Gasteiger partial charge in [0.05, 0.1) is 0 Å². The van der Waals surface area contributed by atoms with Crippen LogP contribution in [0.4, 0.5) is 0 Å². The number of rotatable bonds is 3. The first-order chi connectivity index (χ1) is 6.86. The molecule has 0 amide bonds. The van der Waals surface area contributed by atoms with Gasteiger partial charge in [-0.3, -0.25) is 0 Å². The molecule has 0 aromatic rings. The van der Waals surface area contributed by atoms with Gasteiger partial charge in [-0.25, -0.2) is 0 Å². The van der Waals surface area contributed by atoms with E-state index < -0.39 is 0 Å². The van der Waals surface area contributed by atoms with Gasteiger partial charge >= 0.3 is 0 Å². The van der Waals surface area contributed by atoms with E-state index in [1.807, 2.05) is 0 Å². The van der Waals surface area contributed by atoms with Crippen molar-refractivity contribution in [2.75, 3.05) is 13.1 Å². The zero-order chi connectivity index (χ0) is 9.80. The van der Waals surface area contributed by atoms with Crippen LogP contribution in [0.3, 0.4) is 0 Å². The average Bonchev–Trinajstić information content (AvgIpc) is 2.72. The van der Waals surface area contributed by atoms with Crippen LogP contribution >= 0.6 is 0 Å². The van der Waals surface area contributed by atoms with Gasteiger partial charge in [-0.1, -0.05) is 12.8 Å². The molecule has 0 aromatic heterocycles. The Kier molecular flexibility index (Phi) is 3.82. The van der Waals surface area contributed by atoms with Gasteiger partial charge in [-0.05, 0) is 51.6 Å². The molecule has 0 spiro atoms. The summed E-state index contributed by atoms with van der Waals surface area (Å²) < 4.78 is 0. The summed E-state index contributed by atoms with van der Waals surface area (Å²) in [4.78, 5) is 0. The quantitative estimate of drug-likeness (QED) is 0.720. The fourth-order valence-electron chi connectivity index (χ4n) is 2.95. The number of nitrogens with one attached hydrogen (secondary N) is 2. The second kappa shape index (κ2) is 5.13. The van der Waals surface area contributed by atoms with Crippen molar-refractivity contribution < 1.29 is 0 Å². The molecule has 82 valence electrons. The second-order valence-electron chi connectivity index (χ2n) is 5.02. The zero-order valence-corrected chi connectivity index (χ0v) is 9.39. The fourth-order valence-corrected chi connectivity index (χ4v) is 2.95. The Hall–Kier alpha value is -0.0800. The standard InChI is InChI=1S/C12H24N2/c1-10(11-4-2-3-5-11)14-12-6-8-13-9-7-12/h10-14H,2-9H2,1H3. The number of hydrogen-bond donors (Lipinski definition) is 2. The van der Waals surface area contributed by atoms with Crippen molar-refractivity contribution in [3.8, 4) is 0 Å². The van der Waals surface area contributed by atoms with Gasteiger partial charge in [0.2, 0.25) is 0 Å². The molecule has 1 atom stereocenters. The summed E-state index contributed by atoms with van der Waals surface area (Å²) in [6.45, 7) is 4.79. The number of hydrogen-bond acceptors (Lipinski definition) is 2. The van der Waals surface area contributed by atoms with Gasteiger partial charge in [-0.2, -0.15) is 0 Å². The van der Waals surface area contributed by atoms with Crippen molar-refractivity contribution in [1.82, 2.24) is 10.6 Å². The molecule has 2 N–H and O–H groups in total. The molecule has 0 aromatic carbocycles. The lowest BCUT2D eigenvalue weighted by molar-refractivity contribution is 0.300. The van der Waals surface area contributed by atoms with Crippen LogP contribution in [0, 0.1) is 5.92 Å². The zero-order valence-electron chi connectivity index (χ0n) is 9.39. The highest BCUT2D eigenvalue weighted by Gasteiger charge is 2.23. The first-order valence-corrected chi connectivity index (χ1v) is 6.33. The first-order valence-electron chi connectivity index (χ1n) is 6.33. The van der Waals surface area contributed by atoms with Crippen molar-refractivity contribution in [3.63, 3.8) is 0 Å². The topological polar surface area (TPSA) is 24.1 Å². The van der Waals surface area contributed by atoms with Gasteiger partial charge < -0.3 is 10.6 Å². The van der Waals surface area contributed by atoms with E-state index in [4.69, 9.17) is 0 Å². The van der Waals surface area contributed by atoms with E-state index in [0.29, 0.717) is 0 Å². The van der Waals surface area contributed by atoms with Crippen molar-refractivity contribution in [2.24, 2.45) is 5.92 Å². The normalized spacial score (nSPS) is 28.1. The highest BCUT2D eigenvalue weighted by Crippen LogP contribution is 2.28. The van der Waals surface area contributed by atoms with Gasteiger partial charge in [0.25, 0.3) is 0 Å². The molecule has 0 radical (unpaired) electrons. The third kappa shape index (κ3) is 2.71. The van der Waals surface area contributed by atoms with E-state index in [-0.39, 0.29) is 0 Å². The fraction of sp³-hybridized carbons (Fsp3) is 1.00. The van der Waals surface area contributed by atoms with Crippen LogP contribution in [0.15, 0.2) is 0 Å². The van der Waals surface area contributed by atoms with Crippen molar-refractivity contribution >= 4 is 0 Å². The molecule has 2 heteroatoms. The minimum atomic E-state index is 0.751. The Balaban J connectivity index is 1.72. The molecule has 14 heavy (non-hydrogen) atoms. The summed E-state index contributed by atoms with van der Waals surface area (Å²) in [7, 11) is 0. The molecule has 1 saturated heterocycles. The Morgan fingerprint density at radius 3 is 2.36 bits per heavy atom. The summed E-state index contributed by atoms with van der Waals surface area (Å²) in [5.41, 5.74) is 0. The van der Waals surface area contributed by atoms with Crippen LogP contribution < -0.4 is 10.6 Å². The Morgan fingerprint density at radius 2 is 1.71 bits per heavy atom. The molecular weight excluding hydrogens is 172 g/mol. The highest BCUT2D eigenvalue weighted by molar-refractivity contribution is 4.82. The lowest BCUT2D eigenvalue weighted by Gasteiger charge is -2.30. The van der Waals surface area contributed by atoms with Gasteiger partial charge in [0.1, 0.15) is 0 Å². The monoisotopic (exact) mass is 196 g/mol. The van der Waals surface area contributed by atoms with Crippen LogP contribution in [0.1, 0.15) is 45.4 Å². The molecule has 2 aliphatic rings. The molecule has 1 saturated carbocycles. The van der Waals surface area contributed by atoms with E-state index >= 15 is 0 Å². The predicted molar refractivity (Wildman–Crippen MR) is 60.4 cm³/mol. The summed E-state index contributed by atoms with van der Waals surface area (Å²) in [6.07, 6.45) is 8.47. The molecule has 1 heterocycles. The van der Waals surface area contributed by atoms with Crippen LogP contribution in [-0.4, -0.2) is 25.2 Å². The van der Waals surface area contributed by atoms with Crippen molar-refractivity contribution in [1.29, 1.82) is 0 Å². The van der Waals surface area contributed by atoms with Gasteiger partial charge in [0.15, 0.2) is 0 Å². The van der Waals surface area contributed by atoms with E-state index in [9.17, 15) is 0 Å². The van der Waals surface area contributed by atoms with Crippen molar-refractivity contribution in [2.45, 2.75) is 57.5 Å². The lowest BCUT2D eigenvalue weighted by Crippen LogP contribution is -2.45. The van der Waals surface area contributed by atoms with E-state index in [2.05, 4.69) is 17.6 Å². The molecule has 2 rings (SSSR count). The maximum atomic E-state index is 3.82. The van der Waals surface area contributed by atoms with Gasteiger partial charge in [0, 0.05) is 12.1 Å². The van der Waals surface area contributed by atoms with Crippen molar-refractivity contribution in [3.05, 3.63) is 0 Å². The summed E-state index contributed by atoms with van der Waals surface area (Å²) >= 11 is 0. The minimum absolute atomic E-state index is 0.751. The Bertz CT molecular complexity index is 158. The molecule has 0 bridgehead atoms. The van der Waals surface area contributed by atoms with Crippen LogP contribution in [0.2, 0.25) is 0 Å². The molecule has 2 fully saturated rings. The van der Waals surface area contributed by atoms with Crippen LogP contribution in [-0.2, 0) is 0 Å². The maximum Gasteiger partial charge on any atom is 0.00938 e. The summed E-state index contributed by atoms with van der Waals surface area (Å²) in [5.74, 6) is 0.963. The first kappa shape index (κ1) is 10.4. The Labute approximate surface area is 87.8 Å². The Morgan fingerprint density at radius 1 is 1.07 bits per heavy atom. The lowest BCUT2D eigenvalue weighted by atomic mass is 9.97. The molecule has 1 aliphatic carbocycles.